The number of benzene rings is 3. The van der Waals surface area contributed by atoms with E-state index in [4.69, 9.17) is 9.47 Å². The summed E-state index contributed by atoms with van der Waals surface area (Å²) in [7, 11) is 1.53. The predicted octanol–water partition coefficient (Wildman–Crippen LogP) is 5.47. The van der Waals surface area contributed by atoms with Gasteiger partial charge in [0.15, 0.2) is 5.13 Å². The first-order chi connectivity index (χ1) is 17.4. The van der Waals surface area contributed by atoms with Crippen molar-refractivity contribution < 1.29 is 28.6 Å². The highest BCUT2D eigenvalue weighted by Gasteiger charge is 2.48. The number of halogens is 1. The predicted molar refractivity (Wildman–Crippen MR) is 135 cm³/mol. The van der Waals surface area contributed by atoms with E-state index in [0.29, 0.717) is 34.3 Å². The summed E-state index contributed by atoms with van der Waals surface area (Å²) in [6.07, 6.45) is 0. The van der Waals surface area contributed by atoms with Gasteiger partial charge in [0.05, 0.1) is 35.5 Å². The Balaban J connectivity index is 1.68. The summed E-state index contributed by atoms with van der Waals surface area (Å²) in [4.78, 5) is 32.5. The van der Waals surface area contributed by atoms with Crippen molar-refractivity contribution in [2.45, 2.75) is 13.0 Å². The van der Waals surface area contributed by atoms with Crippen molar-refractivity contribution >= 4 is 44.1 Å². The molecule has 182 valence electrons. The highest BCUT2D eigenvalue weighted by Crippen LogP contribution is 2.44. The average Bonchev–Trinajstić information content (AvgIpc) is 3.42. The molecule has 4 aromatic rings. The van der Waals surface area contributed by atoms with Crippen molar-refractivity contribution in [2.75, 3.05) is 18.6 Å². The first-order valence-corrected chi connectivity index (χ1v) is 12.0. The molecule has 7 nitrogen and oxygen atoms in total. The molecule has 0 bridgehead atoms. The molecule has 0 saturated carbocycles. The van der Waals surface area contributed by atoms with Crippen molar-refractivity contribution in [2.24, 2.45) is 0 Å². The molecule has 1 aromatic heterocycles. The van der Waals surface area contributed by atoms with E-state index in [1.165, 1.54) is 47.6 Å². The molecule has 9 heteroatoms. The molecule has 1 atom stereocenters. The number of fused-ring (bicyclic) bond motifs is 1. The smallest absolute Gasteiger partial charge is 0.301 e. The molecule has 1 fully saturated rings. The van der Waals surface area contributed by atoms with Gasteiger partial charge in [0, 0.05) is 5.56 Å². The topological polar surface area (TPSA) is 89.0 Å². The molecule has 2 heterocycles. The summed E-state index contributed by atoms with van der Waals surface area (Å²) < 4.78 is 25.1. The lowest BCUT2D eigenvalue weighted by Crippen LogP contribution is -2.29. The highest BCUT2D eigenvalue weighted by molar-refractivity contribution is 7.22. The number of aliphatic hydroxyl groups is 1. The van der Waals surface area contributed by atoms with E-state index in [2.05, 4.69) is 4.98 Å². The second kappa shape index (κ2) is 9.43. The number of aliphatic hydroxyl groups excluding tert-OH is 1. The zero-order valence-electron chi connectivity index (χ0n) is 19.4. The minimum absolute atomic E-state index is 0.106. The molecule has 1 saturated heterocycles. The largest absolute Gasteiger partial charge is 0.507 e. The molecule has 0 spiro atoms. The van der Waals surface area contributed by atoms with Crippen LogP contribution < -0.4 is 14.4 Å². The van der Waals surface area contributed by atoms with Crippen LogP contribution in [0.3, 0.4) is 0 Å². The van der Waals surface area contributed by atoms with E-state index in [9.17, 15) is 19.1 Å². The molecule has 0 aliphatic carbocycles. The Morgan fingerprint density at radius 3 is 2.42 bits per heavy atom. The third-order valence-electron chi connectivity index (χ3n) is 5.86. The number of ketones is 1. The molecule has 1 amide bonds. The number of anilines is 1. The number of rotatable bonds is 6. The van der Waals surface area contributed by atoms with Crippen LogP contribution in [0.1, 0.15) is 24.1 Å². The van der Waals surface area contributed by atoms with Crippen LogP contribution in [-0.4, -0.2) is 35.5 Å². The van der Waals surface area contributed by atoms with Crippen LogP contribution in [0.25, 0.3) is 16.0 Å². The van der Waals surface area contributed by atoms with E-state index < -0.39 is 29.3 Å². The maximum absolute atomic E-state index is 13.5. The molecule has 5 rings (SSSR count). The lowest BCUT2D eigenvalue weighted by molar-refractivity contribution is -0.132. The first-order valence-electron chi connectivity index (χ1n) is 11.2. The third-order valence-corrected chi connectivity index (χ3v) is 6.88. The van der Waals surface area contributed by atoms with Crippen molar-refractivity contribution in [3.8, 4) is 11.5 Å². The number of aromatic nitrogens is 1. The van der Waals surface area contributed by atoms with Gasteiger partial charge in [-0.2, -0.15) is 0 Å². The van der Waals surface area contributed by atoms with Crippen molar-refractivity contribution in [3.05, 3.63) is 89.2 Å². The number of ether oxygens (including phenoxy) is 2. The average molecular weight is 505 g/mol. The minimum Gasteiger partial charge on any atom is -0.507 e. The molecule has 1 aliphatic heterocycles. The summed E-state index contributed by atoms with van der Waals surface area (Å²) in [5.41, 5.74) is 1.34. The summed E-state index contributed by atoms with van der Waals surface area (Å²) in [6.45, 7) is 2.39. The van der Waals surface area contributed by atoms with Gasteiger partial charge < -0.3 is 14.6 Å². The van der Waals surface area contributed by atoms with E-state index in [1.807, 2.05) is 13.0 Å². The normalized spacial score (nSPS) is 17.1. The maximum Gasteiger partial charge on any atom is 0.301 e. The van der Waals surface area contributed by atoms with Gasteiger partial charge >= 0.3 is 5.91 Å². The van der Waals surface area contributed by atoms with Crippen molar-refractivity contribution in [1.29, 1.82) is 0 Å². The van der Waals surface area contributed by atoms with Crippen molar-refractivity contribution in [3.63, 3.8) is 0 Å². The Labute approximate surface area is 210 Å². The number of methoxy groups -OCH3 is 1. The quantitative estimate of drug-likeness (QED) is 0.213. The van der Waals surface area contributed by atoms with Gasteiger partial charge in [0.2, 0.25) is 0 Å². The molecular formula is C27H21FN2O5S. The number of carbonyl (C=O) groups excluding carboxylic acids is 2. The number of thiazole rings is 1. The van der Waals surface area contributed by atoms with Gasteiger partial charge in [-0.25, -0.2) is 9.37 Å². The van der Waals surface area contributed by atoms with E-state index in [1.54, 1.807) is 36.4 Å². The fourth-order valence-electron chi connectivity index (χ4n) is 4.15. The summed E-state index contributed by atoms with van der Waals surface area (Å²) in [5, 5.41) is 11.4. The Hall–Kier alpha value is -4.24. The van der Waals surface area contributed by atoms with E-state index in [-0.39, 0.29) is 11.1 Å². The zero-order chi connectivity index (χ0) is 25.4. The molecule has 36 heavy (non-hydrogen) atoms. The van der Waals surface area contributed by atoms with Crippen LogP contribution in [-0.2, 0) is 9.59 Å². The monoisotopic (exact) mass is 504 g/mol. The Kier molecular flexibility index (Phi) is 6.15. The molecule has 0 unspecified atom stereocenters. The third kappa shape index (κ3) is 4.07. The number of hydrogen-bond donors (Lipinski definition) is 1. The van der Waals surface area contributed by atoms with Crippen LogP contribution in [0.4, 0.5) is 9.52 Å². The van der Waals surface area contributed by atoms with Crippen LogP contribution >= 0.6 is 11.3 Å². The number of amides is 1. The fraction of sp³-hybridized carbons (Fsp3) is 0.148. The van der Waals surface area contributed by atoms with Crippen LogP contribution in [0.2, 0.25) is 0 Å². The van der Waals surface area contributed by atoms with Gasteiger partial charge in [-0.15, -0.1) is 0 Å². The number of hydrogen-bond acceptors (Lipinski definition) is 7. The van der Waals surface area contributed by atoms with Crippen LogP contribution in [0, 0.1) is 5.82 Å². The summed E-state index contributed by atoms with van der Waals surface area (Å²) in [6, 6.07) is 16.4. The first kappa shape index (κ1) is 23.5. The fourth-order valence-corrected chi connectivity index (χ4v) is 5.17. The zero-order valence-corrected chi connectivity index (χ0v) is 20.2. The number of Topliss-reactive ketones (excluding diaryl/α,β-unsaturated/α-hetero) is 1. The van der Waals surface area contributed by atoms with Gasteiger partial charge in [0.1, 0.15) is 23.1 Å². The number of nitrogens with zero attached hydrogens (tertiary/aromatic N) is 2. The van der Waals surface area contributed by atoms with Gasteiger partial charge in [0.25, 0.3) is 5.78 Å². The molecule has 0 radical (unpaired) electrons. The van der Waals surface area contributed by atoms with E-state index >= 15 is 0 Å². The molecule has 1 aliphatic rings. The minimum atomic E-state index is -0.951. The van der Waals surface area contributed by atoms with Crippen LogP contribution in [0.5, 0.6) is 11.5 Å². The lowest BCUT2D eigenvalue weighted by Gasteiger charge is -2.23. The lowest BCUT2D eigenvalue weighted by atomic mass is 9.95. The van der Waals surface area contributed by atoms with Gasteiger partial charge in [-0.3, -0.25) is 14.5 Å². The second-order valence-corrected chi connectivity index (χ2v) is 9.02. The highest BCUT2D eigenvalue weighted by atomic mass is 32.1. The summed E-state index contributed by atoms with van der Waals surface area (Å²) in [5.74, 6) is -1.28. The maximum atomic E-state index is 13.5. The van der Waals surface area contributed by atoms with Crippen molar-refractivity contribution in [1.82, 2.24) is 4.98 Å². The Morgan fingerprint density at radius 1 is 1.06 bits per heavy atom. The second-order valence-electron chi connectivity index (χ2n) is 8.01. The van der Waals surface area contributed by atoms with Crippen LogP contribution in [0.15, 0.2) is 72.3 Å². The molecule has 1 N–H and O–H groups in total. The summed E-state index contributed by atoms with van der Waals surface area (Å²) >= 11 is 1.24. The van der Waals surface area contributed by atoms with E-state index in [0.717, 1.165) is 4.70 Å². The molecular weight excluding hydrogens is 483 g/mol. The Bertz CT molecular complexity index is 1500. The Morgan fingerprint density at radius 2 is 1.75 bits per heavy atom. The molecule has 3 aromatic carbocycles. The van der Waals surface area contributed by atoms with Gasteiger partial charge in [-0.05, 0) is 67.1 Å². The SMILES string of the molecule is CCOc1ccc2nc(N3C(=O)C(=O)/C(=C(/O)c4ccc(F)cc4)[C@@H]3c3ccc(OC)cc3)sc2c1. The van der Waals surface area contributed by atoms with Gasteiger partial charge in [-0.1, -0.05) is 23.5 Å². The standard InChI is InChI=1S/C27H21FN2O5S/c1-3-35-19-12-13-20-21(14-19)36-27(29-20)30-23(15-6-10-18(34-2)11-7-15)22(25(32)26(30)33)24(31)16-4-8-17(28)9-5-16/h4-14,23,31H,3H2,1-2H3/b24-22+/t23-/m0/s1. The number of carbonyl (C=O) groups is 2.